The molecule has 1 aliphatic heterocycles. The van der Waals surface area contributed by atoms with E-state index < -0.39 is 0 Å². The summed E-state index contributed by atoms with van der Waals surface area (Å²) in [5.41, 5.74) is 4.01. The third-order valence-electron chi connectivity index (χ3n) is 5.54. The molecule has 1 aliphatic rings. The number of amides is 1. The van der Waals surface area contributed by atoms with E-state index in [-0.39, 0.29) is 11.8 Å². The average Bonchev–Trinajstić information content (AvgIpc) is 2.94. The fourth-order valence-electron chi connectivity index (χ4n) is 3.94. The van der Waals surface area contributed by atoms with Gasteiger partial charge in [-0.05, 0) is 46.6 Å². The number of carbonyl (C=O) groups excluding carboxylic acids is 1. The van der Waals surface area contributed by atoms with E-state index in [1.165, 1.54) is 0 Å². The van der Waals surface area contributed by atoms with E-state index in [0.29, 0.717) is 12.5 Å². The summed E-state index contributed by atoms with van der Waals surface area (Å²) in [6.45, 7) is 11.2. The topological polar surface area (TPSA) is 67.2 Å². The van der Waals surface area contributed by atoms with Gasteiger partial charge in [0.1, 0.15) is 0 Å². The van der Waals surface area contributed by atoms with Gasteiger partial charge < -0.3 is 9.80 Å². The van der Waals surface area contributed by atoms with Gasteiger partial charge in [0.25, 0.3) is 0 Å². The maximum atomic E-state index is 12.8. The monoisotopic (exact) mass is 370 g/mol. The molecular weight excluding hydrogens is 340 g/mol. The minimum atomic E-state index is 0.0211. The highest BCUT2D eigenvalue weighted by molar-refractivity contribution is 5.79. The normalized spacial score (nSPS) is 17.2. The molecule has 0 N–H and O–H groups in total. The number of rotatable bonds is 5. The molecule has 1 amide bonds. The van der Waals surface area contributed by atoms with Gasteiger partial charge in [0.05, 0.1) is 17.3 Å². The van der Waals surface area contributed by atoms with E-state index in [1.54, 1.807) is 6.20 Å². The SMILES string of the molecule is CCN(CC)C(=O)[C@H]1CCCN(c2nccc(-c3c(C)nn(C)c3C)n2)C1. The van der Waals surface area contributed by atoms with Gasteiger partial charge in [-0.15, -0.1) is 0 Å². The number of nitrogens with zero attached hydrogens (tertiary/aromatic N) is 6. The molecule has 1 saturated heterocycles. The molecule has 3 rings (SSSR count). The second kappa shape index (κ2) is 8.06. The quantitative estimate of drug-likeness (QED) is 0.809. The van der Waals surface area contributed by atoms with Crippen LogP contribution >= 0.6 is 0 Å². The van der Waals surface area contributed by atoms with E-state index >= 15 is 0 Å². The summed E-state index contributed by atoms with van der Waals surface area (Å²) < 4.78 is 1.88. The highest BCUT2D eigenvalue weighted by Gasteiger charge is 2.29. The van der Waals surface area contributed by atoms with Gasteiger partial charge in [-0.2, -0.15) is 5.10 Å². The zero-order chi connectivity index (χ0) is 19.6. The molecule has 0 radical (unpaired) electrons. The van der Waals surface area contributed by atoms with Crippen LogP contribution in [0.3, 0.4) is 0 Å². The van der Waals surface area contributed by atoms with Crippen molar-refractivity contribution in [3.8, 4) is 11.3 Å². The van der Waals surface area contributed by atoms with Gasteiger partial charge in [0.15, 0.2) is 0 Å². The van der Waals surface area contributed by atoms with Crippen LogP contribution in [0.2, 0.25) is 0 Å². The summed E-state index contributed by atoms with van der Waals surface area (Å²) >= 11 is 0. The van der Waals surface area contributed by atoms with Gasteiger partial charge in [-0.25, -0.2) is 9.97 Å². The van der Waals surface area contributed by atoms with E-state index in [2.05, 4.69) is 21.9 Å². The Morgan fingerprint density at radius 1 is 1.30 bits per heavy atom. The Morgan fingerprint density at radius 3 is 2.67 bits per heavy atom. The third kappa shape index (κ3) is 3.82. The molecule has 7 heteroatoms. The molecule has 146 valence electrons. The van der Waals surface area contributed by atoms with E-state index in [9.17, 15) is 4.79 Å². The summed E-state index contributed by atoms with van der Waals surface area (Å²) in [4.78, 5) is 26.2. The molecule has 0 unspecified atom stereocenters. The first kappa shape index (κ1) is 19.3. The number of hydrogen-bond acceptors (Lipinski definition) is 5. The van der Waals surface area contributed by atoms with Crippen LogP contribution in [-0.2, 0) is 11.8 Å². The van der Waals surface area contributed by atoms with Crippen molar-refractivity contribution >= 4 is 11.9 Å². The van der Waals surface area contributed by atoms with Crippen LogP contribution in [-0.4, -0.2) is 56.7 Å². The molecule has 27 heavy (non-hydrogen) atoms. The smallest absolute Gasteiger partial charge is 0.227 e. The highest BCUT2D eigenvalue weighted by atomic mass is 16.2. The Kier molecular flexibility index (Phi) is 5.77. The molecule has 0 bridgehead atoms. The van der Waals surface area contributed by atoms with Crippen LogP contribution in [0.5, 0.6) is 0 Å². The van der Waals surface area contributed by atoms with E-state index in [0.717, 1.165) is 55.1 Å². The second-order valence-electron chi connectivity index (χ2n) is 7.21. The summed E-state index contributed by atoms with van der Waals surface area (Å²) in [6.07, 6.45) is 3.72. The Hall–Kier alpha value is -2.44. The lowest BCUT2D eigenvalue weighted by molar-refractivity contribution is -0.135. The van der Waals surface area contributed by atoms with Crippen molar-refractivity contribution < 1.29 is 4.79 Å². The minimum Gasteiger partial charge on any atom is -0.343 e. The predicted molar refractivity (Wildman–Crippen MR) is 107 cm³/mol. The van der Waals surface area contributed by atoms with Crippen LogP contribution < -0.4 is 4.90 Å². The van der Waals surface area contributed by atoms with Crippen molar-refractivity contribution in [3.05, 3.63) is 23.7 Å². The summed E-state index contributed by atoms with van der Waals surface area (Å²) in [7, 11) is 1.95. The lowest BCUT2D eigenvalue weighted by Crippen LogP contribution is -2.45. The maximum absolute atomic E-state index is 12.8. The molecule has 7 nitrogen and oxygen atoms in total. The molecule has 1 fully saturated rings. The van der Waals surface area contributed by atoms with Crippen molar-refractivity contribution in [3.63, 3.8) is 0 Å². The molecule has 2 aromatic rings. The van der Waals surface area contributed by atoms with Crippen LogP contribution in [0, 0.1) is 19.8 Å². The number of hydrogen-bond donors (Lipinski definition) is 0. The zero-order valence-corrected chi connectivity index (χ0v) is 17.1. The summed E-state index contributed by atoms with van der Waals surface area (Å²) in [6, 6.07) is 1.93. The maximum Gasteiger partial charge on any atom is 0.227 e. The fourth-order valence-corrected chi connectivity index (χ4v) is 3.94. The fraction of sp³-hybridized carbons (Fsp3) is 0.600. The number of carbonyl (C=O) groups is 1. The standard InChI is InChI=1S/C20H30N6O/c1-6-25(7-2)19(27)16-9-8-12-26(13-16)20-21-11-10-17(22-20)18-14(3)23-24(5)15(18)4/h10-11,16H,6-9,12-13H2,1-5H3/t16-/m0/s1. The van der Waals surface area contributed by atoms with Crippen molar-refractivity contribution in [2.24, 2.45) is 13.0 Å². The summed E-state index contributed by atoms with van der Waals surface area (Å²) in [5.74, 6) is 0.972. The molecule has 0 spiro atoms. The Morgan fingerprint density at radius 2 is 2.04 bits per heavy atom. The highest BCUT2D eigenvalue weighted by Crippen LogP contribution is 2.27. The first-order chi connectivity index (χ1) is 13.0. The average molecular weight is 371 g/mol. The van der Waals surface area contributed by atoms with E-state index in [4.69, 9.17) is 4.98 Å². The molecule has 0 aliphatic carbocycles. The van der Waals surface area contributed by atoms with Gasteiger partial charge in [-0.3, -0.25) is 9.48 Å². The second-order valence-corrected chi connectivity index (χ2v) is 7.21. The lowest BCUT2D eigenvalue weighted by atomic mass is 9.96. The largest absolute Gasteiger partial charge is 0.343 e. The Labute approximate surface area is 161 Å². The number of anilines is 1. The number of piperidine rings is 1. The Balaban J connectivity index is 1.83. The van der Waals surface area contributed by atoms with Crippen molar-refractivity contribution in [1.29, 1.82) is 0 Å². The van der Waals surface area contributed by atoms with Crippen molar-refractivity contribution in [2.75, 3.05) is 31.1 Å². The first-order valence-electron chi connectivity index (χ1n) is 9.83. The zero-order valence-electron chi connectivity index (χ0n) is 17.1. The van der Waals surface area contributed by atoms with Crippen LogP contribution in [0.1, 0.15) is 38.1 Å². The van der Waals surface area contributed by atoms with Crippen LogP contribution in [0.25, 0.3) is 11.3 Å². The molecular formula is C20H30N6O. The third-order valence-corrected chi connectivity index (χ3v) is 5.54. The van der Waals surface area contributed by atoms with Crippen molar-refractivity contribution in [1.82, 2.24) is 24.6 Å². The summed E-state index contributed by atoms with van der Waals surface area (Å²) in [5, 5.41) is 4.50. The molecule has 3 heterocycles. The molecule has 1 atom stereocenters. The predicted octanol–water partition coefficient (Wildman–Crippen LogP) is 2.58. The number of aromatic nitrogens is 4. The van der Waals surface area contributed by atoms with Crippen LogP contribution in [0.4, 0.5) is 5.95 Å². The molecule has 0 aromatic carbocycles. The first-order valence-corrected chi connectivity index (χ1v) is 9.83. The van der Waals surface area contributed by atoms with Gasteiger partial charge in [0.2, 0.25) is 11.9 Å². The lowest BCUT2D eigenvalue weighted by Gasteiger charge is -2.34. The van der Waals surface area contributed by atoms with Crippen LogP contribution in [0.15, 0.2) is 12.3 Å². The van der Waals surface area contributed by atoms with Gasteiger partial charge >= 0.3 is 0 Å². The number of aryl methyl sites for hydroxylation is 2. The van der Waals surface area contributed by atoms with Gasteiger partial charge in [0, 0.05) is 50.7 Å². The van der Waals surface area contributed by atoms with Crippen molar-refractivity contribution in [2.45, 2.75) is 40.5 Å². The Bertz CT molecular complexity index is 811. The molecule has 2 aromatic heterocycles. The van der Waals surface area contributed by atoms with Gasteiger partial charge in [-0.1, -0.05) is 0 Å². The molecule has 0 saturated carbocycles. The minimum absolute atomic E-state index is 0.0211. The van der Waals surface area contributed by atoms with E-state index in [1.807, 2.05) is 43.5 Å².